The summed E-state index contributed by atoms with van der Waals surface area (Å²) in [7, 11) is -3.38. The molecule has 1 fully saturated rings. The number of nitrogens with zero attached hydrogens (tertiary/aromatic N) is 1. The lowest BCUT2D eigenvalue weighted by Gasteiger charge is -2.15. The van der Waals surface area contributed by atoms with Crippen molar-refractivity contribution in [3.05, 3.63) is 24.3 Å². The molecule has 0 atom stereocenters. The molecule has 0 bridgehead atoms. The van der Waals surface area contributed by atoms with Crippen LogP contribution in [0.5, 0.6) is 5.75 Å². The lowest BCUT2D eigenvalue weighted by molar-refractivity contribution is -0.116. The van der Waals surface area contributed by atoms with Crippen LogP contribution in [-0.4, -0.2) is 44.1 Å². The van der Waals surface area contributed by atoms with Gasteiger partial charge in [0.25, 0.3) is 0 Å². The number of carbonyl (C=O) groups is 1. The van der Waals surface area contributed by atoms with Crippen molar-refractivity contribution in [2.45, 2.75) is 13.0 Å². The third-order valence-electron chi connectivity index (χ3n) is 2.90. The summed E-state index contributed by atoms with van der Waals surface area (Å²) in [6, 6.07) is 5.71. The lowest BCUT2D eigenvalue weighted by atomic mass is 10.3. The molecule has 1 heterocycles. The van der Waals surface area contributed by atoms with Crippen LogP contribution in [0.25, 0.3) is 0 Å². The van der Waals surface area contributed by atoms with E-state index < -0.39 is 22.5 Å². The number of rotatable bonds is 5. The largest absolute Gasteiger partial charge is 0.433 e. The van der Waals surface area contributed by atoms with E-state index in [2.05, 4.69) is 10.1 Å². The molecule has 1 aromatic carbocycles. The average molecular weight is 320 g/mol. The van der Waals surface area contributed by atoms with Gasteiger partial charge in [-0.1, -0.05) is 12.1 Å². The average Bonchev–Trinajstić information content (AvgIpc) is 2.70. The van der Waals surface area contributed by atoms with E-state index >= 15 is 0 Å². The number of ether oxygens (including phenoxy) is 1. The number of anilines is 1. The van der Waals surface area contributed by atoms with Gasteiger partial charge in [-0.2, -0.15) is 13.1 Å². The van der Waals surface area contributed by atoms with Gasteiger partial charge in [0.1, 0.15) is 5.75 Å². The van der Waals surface area contributed by atoms with Gasteiger partial charge in [0.2, 0.25) is 15.9 Å². The molecule has 9 heteroatoms. The topological polar surface area (TPSA) is 75.7 Å². The molecule has 1 amide bonds. The Balaban J connectivity index is 2.03. The van der Waals surface area contributed by atoms with Gasteiger partial charge in [-0.15, -0.1) is 0 Å². The van der Waals surface area contributed by atoms with Crippen molar-refractivity contribution in [3.8, 4) is 5.75 Å². The van der Waals surface area contributed by atoms with Crippen molar-refractivity contribution in [3.63, 3.8) is 0 Å². The Kier molecular flexibility index (Phi) is 4.73. The first kappa shape index (κ1) is 15.6. The van der Waals surface area contributed by atoms with E-state index in [1.54, 1.807) is 6.07 Å². The minimum Gasteiger partial charge on any atom is -0.433 e. The first-order chi connectivity index (χ1) is 9.88. The number of sulfonamides is 1. The zero-order chi connectivity index (χ0) is 15.5. The SMILES string of the molecule is O=C(CN1CCCS1(=O)=O)Nc1ccccc1OC(F)F. The van der Waals surface area contributed by atoms with E-state index in [1.807, 2.05) is 0 Å². The van der Waals surface area contributed by atoms with Crippen LogP contribution in [-0.2, 0) is 14.8 Å². The van der Waals surface area contributed by atoms with Crippen LogP contribution in [0, 0.1) is 0 Å². The number of para-hydroxylation sites is 2. The predicted molar refractivity (Wildman–Crippen MR) is 71.7 cm³/mol. The fourth-order valence-electron chi connectivity index (χ4n) is 1.99. The first-order valence-electron chi connectivity index (χ1n) is 6.20. The van der Waals surface area contributed by atoms with Gasteiger partial charge in [-0.05, 0) is 18.6 Å². The highest BCUT2D eigenvalue weighted by Gasteiger charge is 2.29. The van der Waals surface area contributed by atoms with E-state index in [0.29, 0.717) is 6.42 Å². The van der Waals surface area contributed by atoms with Crippen LogP contribution in [0.3, 0.4) is 0 Å². The minimum absolute atomic E-state index is 0.0192. The summed E-state index contributed by atoms with van der Waals surface area (Å²) in [6.45, 7) is -3.07. The van der Waals surface area contributed by atoms with Crippen molar-refractivity contribution in [2.24, 2.45) is 0 Å². The highest BCUT2D eigenvalue weighted by molar-refractivity contribution is 7.89. The summed E-state index contributed by atoms with van der Waals surface area (Å²) in [4.78, 5) is 11.8. The summed E-state index contributed by atoms with van der Waals surface area (Å²) in [5, 5.41) is 2.38. The summed E-state index contributed by atoms with van der Waals surface area (Å²) in [5.74, 6) is -0.762. The maximum absolute atomic E-state index is 12.2. The van der Waals surface area contributed by atoms with Crippen LogP contribution in [0.4, 0.5) is 14.5 Å². The van der Waals surface area contributed by atoms with Crippen LogP contribution < -0.4 is 10.1 Å². The second-order valence-electron chi connectivity index (χ2n) is 4.43. The van der Waals surface area contributed by atoms with Crippen molar-refractivity contribution >= 4 is 21.6 Å². The van der Waals surface area contributed by atoms with Gasteiger partial charge < -0.3 is 10.1 Å². The second-order valence-corrected chi connectivity index (χ2v) is 6.51. The van der Waals surface area contributed by atoms with Gasteiger partial charge in [0, 0.05) is 6.54 Å². The molecule has 1 saturated heterocycles. The Hall–Kier alpha value is -1.74. The van der Waals surface area contributed by atoms with Crippen molar-refractivity contribution in [2.75, 3.05) is 24.2 Å². The molecule has 0 unspecified atom stereocenters. The molecule has 116 valence electrons. The Morgan fingerprint density at radius 2 is 2.10 bits per heavy atom. The highest BCUT2D eigenvalue weighted by Crippen LogP contribution is 2.25. The highest BCUT2D eigenvalue weighted by atomic mass is 32.2. The molecule has 0 aromatic heterocycles. The molecule has 1 aliphatic rings. The smallest absolute Gasteiger partial charge is 0.387 e. The minimum atomic E-state index is -3.38. The third-order valence-corrected chi connectivity index (χ3v) is 4.80. The van der Waals surface area contributed by atoms with E-state index in [0.717, 1.165) is 4.31 Å². The van der Waals surface area contributed by atoms with E-state index in [9.17, 15) is 22.0 Å². The molecule has 1 aliphatic heterocycles. The second kappa shape index (κ2) is 6.35. The maximum atomic E-state index is 12.2. The fourth-order valence-corrected chi connectivity index (χ4v) is 3.46. The number of amides is 1. The molecule has 0 aliphatic carbocycles. The summed E-state index contributed by atoms with van der Waals surface area (Å²) < 4.78 is 53.0. The lowest BCUT2D eigenvalue weighted by Crippen LogP contribution is -2.34. The van der Waals surface area contributed by atoms with Gasteiger partial charge in [-0.25, -0.2) is 8.42 Å². The molecule has 21 heavy (non-hydrogen) atoms. The molecule has 6 nitrogen and oxygen atoms in total. The van der Waals surface area contributed by atoms with Crippen molar-refractivity contribution < 1.29 is 26.7 Å². The molecule has 0 spiro atoms. The molecule has 2 rings (SSSR count). The zero-order valence-corrected chi connectivity index (χ0v) is 11.8. The Morgan fingerprint density at radius 3 is 2.71 bits per heavy atom. The number of carbonyl (C=O) groups excluding carboxylic acids is 1. The molecular weight excluding hydrogens is 306 g/mol. The summed E-state index contributed by atoms with van der Waals surface area (Å²) in [6.07, 6.45) is 0.473. The normalized spacial score (nSPS) is 17.9. The molecule has 0 saturated carbocycles. The van der Waals surface area contributed by atoms with Gasteiger partial charge in [0.15, 0.2) is 0 Å². The number of benzene rings is 1. The van der Waals surface area contributed by atoms with E-state index in [1.165, 1.54) is 18.2 Å². The number of halogens is 2. The number of hydrogen-bond donors (Lipinski definition) is 1. The summed E-state index contributed by atoms with van der Waals surface area (Å²) in [5.41, 5.74) is 0.0689. The Labute approximate surface area is 120 Å². The van der Waals surface area contributed by atoms with Gasteiger partial charge in [-0.3, -0.25) is 4.79 Å². The number of nitrogens with one attached hydrogen (secondary N) is 1. The molecule has 1 N–H and O–H groups in total. The maximum Gasteiger partial charge on any atom is 0.387 e. The quantitative estimate of drug-likeness (QED) is 0.886. The first-order valence-corrected chi connectivity index (χ1v) is 7.81. The molecule has 0 radical (unpaired) electrons. The summed E-state index contributed by atoms with van der Waals surface area (Å²) >= 11 is 0. The van der Waals surface area contributed by atoms with E-state index in [4.69, 9.17) is 0 Å². The van der Waals surface area contributed by atoms with Crippen LogP contribution in [0.1, 0.15) is 6.42 Å². The molecule has 1 aromatic rings. The van der Waals surface area contributed by atoms with Crippen molar-refractivity contribution in [1.29, 1.82) is 0 Å². The Morgan fingerprint density at radius 1 is 1.38 bits per heavy atom. The van der Waals surface area contributed by atoms with Gasteiger partial charge in [0.05, 0.1) is 18.0 Å². The standard InChI is InChI=1S/C12H14F2N2O4S/c13-12(14)20-10-5-2-1-4-9(10)15-11(17)8-16-6-3-7-21(16,18)19/h1-2,4-5,12H,3,6-8H2,(H,15,17). The van der Waals surface area contributed by atoms with E-state index in [-0.39, 0.29) is 30.3 Å². The van der Waals surface area contributed by atoms with Gasteiger partial charge >= 0.3 is 6.61 Å². The monoisotopic (exact) mass is 320 g/mol. The molecular formula is C12H14F2N2O4S. The van der Waals surface area contributed by atoms with Crippen molar-refractivity contribution in [1.82, 2.24) is 4.31 Å². The fraction of sp³-hybridized carbons (Fsp3) is 0.417. The number of alkyl halides is 2. The third kappa shape index (κ3) is 4.11. The van der Waals surface area contributed by atoms with Crippen LogP contribution in [0.2, 0.25) is 0 Å². The number of hydrogen-bond acceptors (Lipinski definition) is 4. The predicted octanol–water partition coefficient (Wildman–Crippen LogP) is 1.26. The zero-order valence-electron chi connectivity index (χ0n) is 11.0. The Bertz CT molecular complexity index is 621. The van der Waals surface area contributed by atoms with Crippen LogP contribution in [0.15, 0.2) is 24.3 Å². The van der Waals surface area contributed by atoms with Crippen LogP contribution >= 0.6 is 0 Å².